The van der Waals surface area contributed by atoms with E-state index in [0.717, 1.165) is 46.8 Å². The van der Waals surface area contributed by atoms with E-state index in [1.165, 1.54) is 0 Å². The van der Waals surface area contributed by atoms with Crippen LogP contribution in [-0.2, 0) is 0 Å². The first-order valence-corrected chi connectivity index (χ1v) is 9.28. The lowest BCUT2D eigenvalue weighted by atomic mass is 10.2. The molecule has 0 bridgehead atoms. The van der Waals surface area contributed by atoms with Gasteiger partial charge in [-0.2, -0.15) is 4.98 Å². The molecule has 1 aromatic carbocycles. The van der Waals surface area contributed by atoms with Gasteiger partial charge in [0.05, 0.1) is 19.0 Å². The van der Waals surface area contributed by atoms with Crippen molar-refractivity contribution in [2.75, 3.05) is 19.1 Å². The van der Waals surface area contributed by atoms with Gasteiger partial charge in [-0.05, 0) is 37.1 Å². The maximum absolute atomic E-state index is 5.49. The van der Waals surface area contributed by atoms with Crippen LogP contribution in [0.3, 0.4) is 0 Å². The fourth-order valence-corrected chi connectivity index (χ4v) is 3.44. The molecule has 0 aliphatic heterocycles. The summed E-state index contributed by atoms with van der Waals surface area (Å²) in [5, 5.41) is 0. The molecule has 0 N–H and O–H groups in total. The summed E-state index contributed by atoms with van der Waals surface area (Å²) in [5.74, 6) is 2.31. The highest BCUT2D eigenvalue weighted by molar-refractivity contribution is 5.79. The van der Waals surface area contributed by atoms with Crippen LogP contribution in [0, 0.1) is 0 Å². The predicted molar refractivity (Wildman–Crippen MR) is 108 cm³/mol. The highest BCUT2D eigenvalue weighted by atomic mass is 16.5. The summed E-state index contributed by atoms with van der Waals surface area (Å²) in [5.41, 5.74) is 3.62. The van der Waals surface area contributed by atoms with Gasteiger partial charge < -0.3 is 14.2 Å². The van der Waals surface area contributed by atoms with Crippen LogP contribution in [0.2, 0.25) is 0 Å². The standard InChI is InChI=1S/C21H20N6O/c1-26(17-5-3-4-6-18(17)28-2)21-23-13-16-20(25-21)27(15-7-8-15)19(24-16)14-9-11-22-12-10-14/h3-6,9-13,15H,7-8H2,1-2H3. The molecule has 28 heavy (non-hydrogen) atoms. The molecule has 140 valence electrons. The molecule has 5 rings (SSSR count). The number of para-hydroxylation sites is 2. The Hall–Kier alpha value is -3.48. The van der Waals surface area contributed by atoms with Crippen molar-refractivity contribution < 1.29 is 4.74 Å². The fourth-order valence-electron chi connectivity index (χ4n) is 3.44. The van der Waals surface area contributed by atoms with Crippen molar-refractivity contribution in [2.45, 2.75) is 18.9 Å². The summed E-state index contributed by atoms with van der Waals surface area (Å²) in [6.07, 6.45) is 7.67. The zero-order chi connectivity index (χ0) is 19.1. The Morgan fingerprint density at radius 2 is 1.86 bits per heavy atom. The van der Waals surface area contributed by atoms with Crippen molar-refractivity contribution >= 4 is 22.8 Å². The third-order valence-electron chi connectivity index (χ3n) is 5.02. The Kier molecular flexibility index (Phi) is 3.93. The number of imidazole rings is 1. The molecule has 1 aliphatic rings. The van der Waals surface area contributed by atoms with Crippen molar-refractivity contribution in [3.8, 4) is 17.1 Å². The predicted octanol–water partition coefficient (Wildman–Crippen LogP) is 4.00. The van der Waals surface area contributed by atoms with Gasteiger partial charge in [0.2, 0.25) is 5.95 Å². The lowest BCUT2D eigenvalue weighted by Crippen LogP contribution is -2.14. The molecule has 3 heterocycles. The van der Waals surface area contributed by atoms with Gasteiger partial charge >= 0.3 is 0 Å². The second-order valence-electron chi connectivity index (χ2n) is 6.88. The minimum atomic E-state index is 0.437. The summed E-state index contributed by atoms with van der Waals surface area (Å²) < 4.78 is 7.73. The first-order chi connectivity index (χ1) is 13.8. The second kappa shape index (κ2) is 6.60. The summed E-state index contributed by atoms with van der Waals surface area (Å²) >= 11 is 0. The topological polar surface area (TPSA) is 69.0 Å². The molecular formula is C21H20N6O. The molecule has 1 aliphatic carbocycles. The van der Waals surface area contributed by atoms with E-state index in [-0.39, 0.29) is 0 Å². The third kappa shape index (κ3) is 2.76. The monoisotopic (exact) mass is 372 g/mol. The fraction of sp³-hybridized carbons (Fsp3) is 0.238. The van der Waals surface area contributed by atoms with Gasteiger partial charge in [0, 0.05) is 31.0 Å². The number of hydrogen-bond acceptors (Lipinski definition) is 6. The van der Waals surface area contributed by atoms with Crippen molar-refractivity contribution in [1.82, 2.24) is 24.5 Å². The smallest absolute Gasteiger partial charge is 0.231 e. The van der Waals surface area contributed by atoms with Crippen molar-refractivity contribution in [3.05, 3.63) is 55.0 Å². The Balaban J connectivity index is 1.64. The van der Waals surface area contributed by atoms with E-state index in [0.29, 0.717) is 12.0 Å². The number of rotatable bonds is 5. The van der Waals surface area contributed by atoms with Gasteiger partial charge in [-0.1, -0.05) is 12.1 Å². The van der Waals surface area contributed by atoms with Gasteiger partial charge in [0.25, 0.3) is 0 Å². The highest BCUT2D eigenvalue weighted by Gasteiger charge is 2.30. The quantitative estimate of drug-likeness (QED) is 0.527. The molecule has 1 fully saturated rings. The van der Waals surface area contributed by atoms with E-state index < -0.39 is 0 Å². The van der Waals surface area contributed by atoms with Gasteiger partial charge in [-0.15, -0.1) is 0 Å². The summed E-state index contributed by atoms with van der Waals surface area (Å²) in [6.45, 7) is 0. The highest BCUT2D eigenvalue weighted by Crippen LogP contribution is 2.41. The number of methoxy groups -OCH3 is 1. The molecule has 4 aromatic rings. The van der Waals surface area contributed by atoms with Crippen LogP contribution in [0.25, 0.3) is 22.6 Å². The second-order valence-corrected chi connectivity index (χ2v) is 6.88. The molecule has 0 atom stereocenters. The van der Waals surface area contributed by atoms with Crippen LogP contribution >= 0.6 is 0 Å². The number of benzene rings is 1. The maximum atomic E-state index is 5.49. The zero-order valence-corrected chi connectivity index (χ0v) is 15.8. The van der Waals surface area contributed by atoms with Crippen molar-refractivity contribution in [3.63, 3.8) is 0 Å². The number of anilines is 2. The Morgan fingerprint density at radius 1 is 1.07 bits per heavy atom. The van der Waals surface area contributed by atoms with Crippen LogP contribution in [0.4, 0.5) is 11.6 Å². The van der Waals surface area contributed by atoms with E-state index >= 15 is 0 Å². The summed E-state index contributed by atoms with van der Waals surface area (Å²) in [6, 6.07) is 12.2. The number of nitrogens with zero attached hydrogens (tertiary/aromatic N) is 6. The minimum Gasteiger partial charge on any atom is -0.495 e. The van der Waals surface area contributed by atoms with E-state index in [9.17, 15) is 0 Å². The number of aromatic nitrogens is 5. The first-order valence-electron chi connectivity index (χ1n) is 9.28. The summed E-state index contributed by atoms with van der Waals surface area (Å²) in [7, 11) is 3.61. The molecule has 0 spiro atoms. The Morgan fingerprint density at radius 3 is 2.61 bits per heavy atom. The van der Waals surface area contributed by atoms with E-state index in [1.807, 2.05) is 48.3 Å². The van der Waals surface area contributed by atoms with Crippen molar-refractivity contribution in [1.29, 1.82) is 0 Å². The van der Waals surface area contributed by atoms with Crippen molar-refractivity contribution in [2.24, 2.45) is 0 Å². The zero-order valence-electron chi connectivity index (χ0n) is 15.8. The summed E-state index contributed by atoms with van der Waals surface area (Å²) in [4.78, 5) is 20.3. The number of pyridine rings is 1. The largest absolute Gasteiger partial charge is 0.495 e. The maximum Gasteiger partial charge on any atom is 0.231 e. The molecule has 0 radical (unpaired) electrons. The number of hydrogen-bond donors (Lipinski definition) is 0. The molecule has 3 aromatic heterocycles. The van der Waals surface area contributed by atoms with E-state index in [1.54, 1.807) is 25.7 Å². The van der Waals surface area contributed by atoms with Gasteiger partial charge in [-0.3, -0.25) is 4.98 Å². The molecule has 0 saturated heterocycles. The Bertz CT molecular complexity index is 1140. The molecular weight excluding hydrogens is 352 g/mol. The first kappa shape index (κ1) is 16.7. The SMILES string of the molecule is COc1ccccc1N(C)c1ncc2nc(-c3ccncc3)n(C3CC3)c2n1. The third-order valence-corrected chi connectivity index (χ3v) is 5.02. The van der Waals surface area contributed by atoms with Gasteiger partial charge in [0.15, 0.2) is 5.65 Å². The number of ether oxygens (including phenoxy) is 1. The normalized spacial score (nSPS) is 13.6. The van der Waals surface area contributed by atoms with E-state index in [2.05, 4.69) is 14.5 Å². The van der Waals surface area contributed by atoms with E-state index in [4.69, 9.17) is 14.7 Å². The van der Waals surface area contributed by atoms with Crippen LogP contribution in [0.5, 0.6) is 5.75 Å². The van der Waals surface area contributed by atoms with Crippen LogP contribution < -0.4 is 9.64 Å². The molecule has 0 amide bonds. The van der Waals surface area contributed by atoms with Crippen LogP contribution in [-0.4, -0.2) is 38.7 Å². The van der Waals surface area contributed by atoms with Gasteiger partial charge in [0.1, 0.15) is 17.1 Å². The lowest BCUT2D eigenvalue weighted by Gasteiger charge is -2.19. The minimum absolute atomic E-state index is 0.437. The van der Waals surface area contributed by atoms with Crippen LogP contribution in [0.15, 0.2) is 55.0 Å². The number of fused-ring (bicyclic) bond motifs is 1. The molecule has 7 heteroatoms. The molecule has 7 nitrogen and oxygen atoms in total. The van der Waals surface area contributed by atoms with Crippen LogP contribution in [0.1, 0.15) is 18.9 Å². The van der Waals surface area contributed by atoms with Gasteiger partial charge in [-0.25, -0.2) is 9.97 Å². The average Bonchev–Trinajstić information content (AvgIpc) is 3.53. The molecule has 0 unspecified atom stereocenters. The average molecular weight is 372 g/mol. The Labute approximate surface area is 162 Å². The molecule has 1 saturated carbocycles. The lowest BCUT2D eigenvalue weighted by molar-refractivity contribution is 0.415.